The molecule has 0 aromatic carbocycles. The van der Waals surface area contributed by atoms with E-state index in [1.807, 2.05) is 4.68 Å². The van der Waals surface area contributed by atoms with Gasteiger partial charge < -0.3 is 5.32 Å². The molecule has 0 atom stereocenters. The highest BCUT2D eigenvalue weighted by Crippen LogP contribution is 2.22. The highest BCUT2D eigenvalue weighted by molar-refractivity contribution is 6.31. The van der Waals surface area contributed by atoms with Crippen LogP contribution in [-0.2, 0) is 19.5 Å². The van der Waals surface area contributed by atoms with Gasteiger partial charge in [-0.15, -0.1) is 0 Å². The lowest BCUT2D eigenvalue weighted by Gasteiger charge is -2.08. The van der Waals surface area contributed by atoms with Crippen molar-refractivity contribution in [2.75, 3.05) is 6.54 Å². The molecule has 1 aliphatic carbocycles. The number of hydrogen-bond donors (Lipinski definition) is 1. The summed E-state index contributed by atoms with van der Waals surface area (Å²) in [6.45, 7) is 6.92. The van der Waals surface area contributed by atoms with E-state index in [0.29, 0.717) is 0 Å². The number of hydrogen-bond acceptors (Lipinski definition) is 2. The molecule has 3 nitrogen and oxygen atoms in total. The summed E-state index contributed by atoms with van der Waals surface area (Å²) in [5.74, 6) is 0. The molecule has 0 spiro atoms. The monoisotopic (exact) mass is 281 g/mol. The molecule has 4 heteroatoms. The molecule has 106 valence electrons. The van der Waals surface area contributed by atoms with E-state index < -0.39 is 0 Å². The molecule has 1 aliphatic rings. The molecule has 1 aromatic heterocycles. The smallest absolute Gasteiger partial charge is 0.0863 e. The third-order valence-electron chi connectivity index (χ3n) is 3.74. The van der Waals surface area contributed by atoms with Crippen LogP contribution >= 0.6 is 11.6 Å². The molecule has 0 saturated heterocycles. The first kappa shape index (κ1) is 14.6. The second-order valence-electron chi connectivity index (χ2n) is 5.06. The predicted molar refractivity (Wildman–Crippen MR) is 80.5 cm³/mol. The Bertz CT molecular complexity index is 448. The summed E-state index contributed by atoms with van der Waals surface area (Å²) in [4.78, 5) is 0. The molecule has 0 aliphatic heterocycles. The van der Waals surface area contributed by atoms with E-state index in [4.69, 9.17) is 11.6 Å². The van der Waals surface area contributed by atoms with Crippen LogP contribution in [0.5, 0.6) is 0 Å². The van der Waals surface area contributed by atoms with E-state index in [0.717, 1.165) is 42.5 Å². The van der Waals surface area contributed by atoms with Crippen LogP contribution in [-0.4, -0.2) is 16.3 Å². The number of rotatable bonds is 7. The van der Waals surface area contributed by atoms with Crippen molar-refractivity contribution in [3.63, 3.8) is 0 Å². The van der Waals surface area contributed by atoms with E-state index >= 15 is 0 Å². The van der Waals surface area contributed by atoms with E-state index in [-0.39, 0.29) is 0 Å². The van der Waals surface area contributed by atoms with Crippen molar-refractivity contribution >= 4 is 11.6 Å². The van der Waals surface area contributed by atoms with E-state index in [9.17, 15) is 0 Å². The maximum atomic E-state index is 6.38. The second kappa shape index (κ2) is 7.11. The zero-order valence-corrected chi connectivity index (χ0v) is 12.8. The lowest BCUT2D eigenvalue weighted by Crippen LogP contribution is -2.18. The number of aromatic nitrogens is 2. The van der Waals surface area contributed by atoms with Gasteiger partial charge in [0.05, 0.1) is 16.4 Å². The number of nitrogens with one attached hydrogen (secondary N) is 1. The van der Waals surface area contributed by atoms with Crippen molar-refractivity contribution in [3.8, 4) is 0 Å². The third kappa shape index (κ3) is 3.61. The Labute approximate surface area is 121 Å². The fourth-order valence-electron chi connectivity index (χ4n) is 2.61. The zero-order chi connectivity index (χ0) is 13.7. The van der Waals surface area contributed by atoms with Gasteiger partial charge in [0.15, 0.2) is 0 Å². The van der Waals surface area contributed by atoms with Gasteiger partial charge in [-0.2, -0.15) is 5.10 Å². The molecule has 0 bridgehead atoms. The van der Waals surface area contributed by atoms with Crippen molar-refractivity contribution in [3.05, 3.63) is 28.1 Å². The quantitative estimate of drug-likeness (QED) is 0.610. The minimum atomic E-state index is 0.812. The summed E-state index contributed by atoms with van der Waals surface area (Å²) in [5, 5.41) is 8.88. The summed E-state index contributed by atoms with van der Waals surface area (Å²) < 4.78 is 2.02. The first-order valence-corrected chi connectivity index (χ1v) is 7.76. The van der Waals surface area contributed by atoms with Gasteiger partial charge in [0, 0.05) is 13.1 Å². The van der Waals surface area contributed by atoms with Gasteiger partial charge in [0.25, 0.3) is 0 Å². The lowest BCUT2D eigenvalue weighted by atomic mass is 10.2. The van der Waals surface area contributed by atoms with Crippen molar-refractivity contribution in [2.45, 2.75) is 59.0 Å². The van der Waals surface area contributed by atoms with Crippen LogP contribution < -0.4 is 5.32 Å². The van der Waals surface area contributed by atoms with Crippen molar-refractivity contribution in [1.82, 2.24) is 15.1 Å². The van der Waals surface area contributed by atoms with E-state index in [1.165, 1.54) is 25.7 Å². The maximum absolute atomic E-state index is 6.38. The molecule has 0 fully saturated rings. The van der Waals surface area contributed by atoms with Gasteiger partial charge >= 0.3 is 0 Å². The van der Waals surface area contributed by atoms with Crippen molar-refractivity contribution < 1.29 is 0 Å². The molecule has 0 amide bonds. The maximum Gasteiger partial charge on any atom is 0.0863 e. The zero-order valence-electron chi connectivity index (χ0n) is 12.0. The SMILES string of the molecule is CCc1nn(CC)c(CNCCC2=CCCC2)c1Cl. The fraction of sp³-hybridized carbons (Fsp3) is 0.667. The Morgan fingerprint density at radius 1 is 1.42 bits per heavy atom. The summed E-state index contributed by atoms with van der Waals surface area (Å²) in [5.41, 5.74) is 3.75. The largest absolute Gasteiger partial charge is 0.311 e. The van der Waals surface area contributed by atoms with Crippen LogP contribution in [0, 0.1) is 0 Å². The molecule has 0 radical (unpaired) electrons. The fourth-order valence-corrected chi connectivity index (χ4v) is 2.94. The Kier molecular flexibility index (Phi) is 5.46. The molecule has 0 saturated carbocycles. The molecular formula is C15H24ClN3. The standard InChI is InChI=1S/C15H24ClN3/c1-3-13-15(16)14(19(4-2)18-13)11-17-10-9-12-7-5-6-8-12/h7,17H,3-6,8-11H2,1-2H3. The summed E-state index contributed by atoms with van der Waals surface area (Å²) in [6, 6.07) is 0. The van der Waals surface area contributed by atoms with Crippen LogP contribution in [0.2, 0.25) is 5.02 Å². The van der Waals surface area contributed by atoms with Crippen LogP contribution in [0.3, 0.4) is 0 Å². The third-order valence-corrected chi connectivity index (χ3v) is 4.18. The Balaban J connectivity index is 1.86. The number of allylic oxidation sites excluding steroid dienone is 1. The Morgan fingerprint density at radius 3 is 2.89 bits per heavy atom. The minimum Gasteiger partial charge on any atom is -0.311 e. The molecule has 1 heterocycles. The first-order chi connectivity index (χ1) is 9.26. The Hall–Kier alpha value is -0.800. The molecule has 1 aromatic rings. The van der Waals surface area contributed by atoms with E-state index in [2.05, 4.69) is 30.3 Å². The molecular weight excluding hydrogens is 258 g/mol. The number of halogens is 1. The summed E-state index contributed by atoms with van der Waals surface area (Å²) in [6.07, 6.45) is 8.34. The predicted octanol–water partition coefficient (Wildman–Crippen LogP) is 3.71. The Morgan fingerprint density at radius 2 is 2.26 bits per heavy atom. The molecule has 2 rings (SSSR count). The van der Waals surface area contributed by atoms with Gasteiger partial charge in [-0.05, 0) is 45.6 Å². The van der Waals surface area contributed by atoms with Gasteiger partial charge in [-0.3, -0.25) is 4.68 Å². The van der Waals surface area contributed by atoms with Crippen molar-refractivity contribution in [1.29, 1.82) is 0 Å². The number of aryl methyl sites for hydroxylation is 2. The first-order valence-electron chi connectivity index (χ1n) is 7.38. The van der Waals surface area contributed by atoms with Gasteiger partial charge in [-0.25, -0.2) is 0 Å². The normalized spacial score (nSPS) is 15.0. The molecule has 0 unspecified atom stereocenters. The number of nitrogens with zero attached hydrogens (tertiary/aromatic N) is 2. The van der Waals surface area contributed by atoms with Crippen LogP contribution in [0.4, 0.5) is 0 Å². The summed E-state index contributed by atoms with van der Waals surface area (Å²) in [7, 11) is 0. The average Bonchev–Trinajstić information content (AvgIpc) is 3.03. The lowest BCUT2D eigenvalue weighted by molar-refractivity contribution is 0.577. The molecule has 19 heavy (non-hydrogen) atoms. The van der Waals surface area contributed by atoms with Crippen molar-refractivity contribution in [2.24, 2.45) is 0 Å². The summed E-state index contributed by atoms with van der Waals surface area (Å²) >= 11 is 6.38. The highest BCUT2D eigenvalue weighted by Gasteiger charge is 2.13. The topological polar surface area (TPSA) is 29.9 Å². The average molecular weight is 282 g/mol. The minimum absolute atomic E-state index is 0.812. The van der Waals surface area contributed by atoms with Gasteiger partial charge in [0.2, 0.25) is 0 Å². The van der Waals surface area contributed by atoms with Gasteiger partial charge in [0.1, 0.15) is 0 Å². The van der Waals surface area contributed by atoms with E-state index in [1.54, 1.807) is 5.57 Å². The van der Waals surface area contributed by atoms with Crippen LogP contribution in [0.15, 0.2) is 11.6 Å². The highest BCUT2D eigenvalue weighted by atomic mass is 35.5. The van der Waals surface area contributed by atoms with Gasteiger partial charge in [-0.1, -0.05) is 30.2 Å². The van der Waals surface area contributed by atoms with Crippen LogP contribution in [0.25, 0.3) is 0 Å². The molecule has 1 N–H and O–H groups in total. The second-order valence-corrected chi connectivity index (χ2v) is 5.44. The van der Waals surface area contributed by atoms with Crippen LogP contribution in [0.1, 0.15) is 50.9 Å².